The van der Waals surface area contributed by atoms with Gasteiger partial charge in [0.15, 0.2) is 0 Å². The summed E-state index contributed by atoms with van der Waals surface area (Å²) < 4.78 is 5.71. The minimum atomic E-state index is -0.647. The van der Waals surface area contributed by atoms with E-state index in [4.69, 9.17) is 4.74 Å². The van der Waals surface area contributed by atoms with Crippen molar-refractivity contribution in [1.82, 2.24) is 4.90 Å². The van der Waals surface area contributed by atoms with Gasteiger partial charge in [0.2, 0.25) is 0 Å². The molecule has 150 valence electrons. The number of ketones is 1. The molecule has 2 aromatic rings. The lowest BCUT2D eigenvalue weighted by Gasteiger charge is -2.27. The Bertz CT molecular complexity index is 953. The molecule has 4 rings (SSSR count). The fourth-order valence-corrected chi connectivity index (χ4v) is 4.04. The van der Waals surface area contributed by atoms with Gasteiger partial charge in [-0.2, -0.15) is 0 Å². The fraction of sp³-hybridized carbons (Fsp3) is 0.333. The van der Waals surface area contributed by atoms with E-state index in [2.05, 4.69) is 0 Å². The summed E-state index contributed by atoms with van der Waals surface area (Å²) in [7, 11) is 0. The number of aliphatic hydroxyl groups is 1. The quantitative estimate of drug-likeness (QED) is 0.488. The Morgan fingerprint density at radius 3 is 2.24 bits per heavy atom. The molecule has 5 nitrogen and oxygen atoms in total. The average Bonchev–Trinajstić information content (AvgIpc) is 3.31. The van der Waals surface area contributed by atoms with Gasteiger partial charge < -0.3 is 14.7 Å². The summed E-state index contributed by atoms with van der Waals surface area (Å²) in [5.41, 5.74) is 3.61. The molecular weight excluding hydrogens is 366 g/mol. The number of carbonyl (C=O) groups excluding carboxylic acids is 2. The van der Waals surface area contributed by atoms with Gasteiger partial charge in [0.1, 0.15) is 5.76 Å². The predicted octanol–water partition coefficient (Wildman–Crippen LogP) is 3.90. The Kier molecular flexibility index (Phi) is 5.24. The maximum Gasteiger partial charge on any atom is 0.295 e. The Morgan fingerprint density at radius 2 is 1.66 bits per heavy atom. The predicted molar refractivity (Wildman–Crippen MR) is 110 cm³/mol. The van der Waals surface area contributed by atoms with Crippen molar-refractivity contribution in [3.8, 4) is 0 Å². The highest BCUT2D eigenvalue weighted by Crippen LogP contribution is 2.40. The van der Waals surface area contributed by atoms with E-state index in [9.17, 15) is 14.7 Å². The summed E-state index contributed by atoms with van der Waals surface area (Å²) in [6.45, 7) is 4.96. The summed E-state index contributed by atoms with van der Waals surface area (Å²) in [4.78, 5) is 27.4. The molecule has 2 unspecified atom stereocenters. The number of hydrogen-bond acceptors (Lipinski definition) is 4. The van der Waals surface area contributed by atoms with E-state index in [1.165, 1.54) is 0 Å². The van der Waals surface area contributed by atoms with Crippen molar-refractivity contribution in [3.05, 3.63) is 76.4 Å². The molecule has 2 aliphatic rings. The lowest BCUT2D eigenvalue weighted by Crippen LogP contribution is -2.36. The van der Waals surface area contributed by atoms with Crippen LogP contribution in [0.5, 0.6) is 0 Å². The third-order valence-corrected chi connectivity index (χ3v) is 5.68. The number of aliphatic hydroxyl groups excluding tert-OH is 1. The number of amides is 1. The average molecular weight is 391 g/mol. The topological polar surface area (TPSA) is 66.8 Å². The molecule has 1 amide bonds. The van der Waals surface area contributed by atoms with Crippen LogP contribution in [-0.4, -0.2) is 41.0 Å². The first-order chi connectivity index (χ1) is 14.0. The van der Waals surface area contributed by atoms with Gasteiger partial charge >= 0.3 is 0 Å². The normalized spacial score (nSPS) is 23.7. The van der Waals surface area contributed by atoms with Gasteiger partial charge in [-0.1, -0.05) is 59.7 Å². The molecule has 2 fully saturated rings. The first kappa shape index (κ1) is 19.4. The highest BCUT2D eigenvalue weighted by Gasteiger charge is 2.46. The molecule has 0 bridgehead atoms. The van der Waals surface area contributed by atoms with Crippen LogP contribution in [-0.2, 0) is 14.3 Å². The van der Waals surface area contributed by atoms with Crippen LogP contribution >= 0.6 is 0 Å². The Hall–Kier alpha value is -2.92. The molecule has 0 aliphatic carbocycles. The Balaban J connectivity index is 1.81. The van der Waals surface area contributed by atoms with Gasteiger partial charge in [-0.25, -0.2) is 0 Å². The van der Waals surface area contributed by atoms with Crippen molar-refractivity contribution in [2.75, 3.05) is 13.2 Å². The molecule has 2 atom stereocenters. The van der Waals surface area contributed by atoms with E-state index in [-0.39, 0.29) is 17.4 Å². The van der Waals surface area contributed by atoms with Crippen LogP contribution < -0.4 is 0 Å². The minimum Gasteiger partial charge on any atom is -0.507 e. The highest BCUT2D eigenvalue weighted by molar-refractivity contribution is 6.46. The molecule has 2 heterocycles. The second kappa shape index (κ2) is 7.84. The van der Waals surface area contributed by atoms with Gasteiger partial charge in [-0.05, 0) is 32.3 Å². The number of nitrogens with zero attached hydrogens (tertiary/aromatic N) is 1. The van der Waals surface area contributed by atoms with Crippen molar-refractivity contribution in [2.24, 2.45) is 0 Å². The van der Waals surface area contributed by atoms with Gasteiger partial charge in [0, 0.05) is 18.7 Å². The second-order valence-electron chi connectivity index (χ2n) is 7.86. The van der Waals surface area contributed by atoms with Crippen LogP contribution in [0, 0.1) is 13.8 Å². The van der Waals surface area contributed by atoms with Crippen LogP contribution in [0.1, 0.15) is 41.1 Å². The van der Waals surface area contributed by atoms with Crippen molar-refractivity contribution in [3.63, 3.8) is 0 Å². The summed E-state index contributed by atoms with van der Waals surface area (Å²) in [5, 5.41) is 11.0. The zero-order valence-electron chi connectivity index (χ0n) is 16.7. The third kappa shape index (κ3) is 3.70. The smallest absolute Gasteiger partial charge is 0.295 e. The van der Waals surface area contributed by atoms with Crippen LogP contribution in [0.25, 0.3) is 5.76 Å². The zero-order chi connectivity index (χ0) is 20.5. The van der Waals surface area contributed by atoms with Crippen molar-refractivity contribution in [2.45, 2.75) is 38.8 Å². The van der Waals surface area contributed by atoms with Crippen LogP contribution in [0.2, 0.25) is 0 Å². The van der Waals surface area contributed by atoms with Crippen LogP contribution in [0.4, 0.5) is 0 Å². The molecule has 5 heteroatoms. The number of ether oxygens (including phenoxy) is 1. The number of carbonyl (C=O) groups is 2. The number of Topliss-reactive ketones (excluding diaryl/α,β-unsaturated/α-hetero) is 1. The van der Waals surface area contributed by atoms with Crippen molar-refractivity contribution >= 4 is 17.4 Å². The monoisotopic (exact) mass is 391 g/mol. The fourth-order valence-electron chi connectivity index (χ4n) is 4.04. The van der Waals surface area contributed by atoms with Crippen molar-refractivity contribution in [1.29, 1.82) is 0 Å². The first-order valence-corrected chi connectivity index (χ1v) is 9.99. The lowest BCUT2D eigenvalue weighted by atomic mass is 9.94. The van der Waals surface area contributed by atoms with E-state index in [0.29, 0.717) is 18.7 Å². The largest absolute Gasteiger partial charge is 0.507 e. The maximum absolute atomic E-state index is 13.0. The van der Waals surface area contributed by atoms with Gasteiger partial charge in [0.25, 0.3) is 11.7 Å². The molecule has 1 N–H and O–H groups in total. The van der Waals surface area contributed by atoms with E-state index in [1.54, 1.807) is 17.0 Å². The molecule has 0 aromatic heterocycles. The molecular formula is C24H25NO4. The molecule has 0 radical (unpaired) electrons. The number of likely N-dealkylation sites (tertiary alicyclic amines) is 1. The number of hydrogen-bond donors (Lipinski definition) is 1. The summed E-state index contributed by atoms with van der Waals surface area (Å²) in [5.74, 6) is -1.37. The number of aryl methyl sites for hydroxylation is 2. The summed E-state index contributed by atoms with van der Waals surface area (Å²) >= 11 is 0. The maximum atomic E-state index is 13.0. The Labute approximate surface area is 170 Å². The Morgan fingerprint density at radius 1 is 1.03 bits per heavy atom. The standard InChI is InChI=1S/C24H25NO4/c1-15-5-9-17(10-6-15)21-20(22(26)18-11-7-16(2)8-12-18)23(27)24(28)25(21)14-19-4-3-13-29-19/h5-12,19,21,26H,3-4,13-14H2,1-2H3/b22-20-. The first-order valence-electron chi connectivity index (χ1n) is 9.99. The van der Waals surface area contributed by atoms with E-state index in [1.807, 2.05) is 50.2 Å². The molecule has 2 aromatic carbocycles. The summed E-state index contributed by atoms with van der Waals surface area (Å²) in [6, 6.07) is 14.4. The van der Waals surface area contributed by atoms with E-state index < -0.39 is 17.7 Å². The van der Waals surface area contributed by atoms with Gasteiger partial charge in [-0.15, -0.1) is 0 Å². The van der Waals surface area contributed by atoms with Crippen LogP contribution in [0.3, 0.4) is 0 Å². The third-order valence-electron chi connectivity index (χ3n) is 5.68. The molecule has 29 heavy (non-hydrogen) atoms. The zero-order valence-corrected chi connectivity index (χ0v) is 16.7. The van der Waals surface area contributed by atoms with Gasteiger partial charge in [0.05, 0.1) is 17.7 Å². The summed E-state index contributed by atoms with van der Waals surface area (Å²) in [6.07, 6.45) is 1.73. The van der Waals surface area contributed by atoms with Crippen LogP contribution in [0.15, 0.2) is 54.1 Å². The lowest BCUT2D eigenvalue weighted by molar-refractivity contribution is -0.140. The van der Waals surface area contributed by atoms with E-state index in [0.717, 1.165) is 29.5 Å². The molecule has 0 spiro atoms. The molecule has 2 saturated heterocycles. The second-order valence-corrected chi connectivity index (χ2v) is 7.86. The van der Waals surface area contributed by atoms with Gasteiger partial charge in [-0.3, -0.25) is 9.59 Å². The molecule has 2 aliphatic heterocycles. The highest BCUT2D eigenvalue weighted by atomic mass is 16.5. The number of benzene rings is 2. The van der Waals surface area contributed by atoms with Crippen molar-refractivity contribution < 1.29 is 19.4 Å². The SMILES string of the molecule is Cc1ccc(/C(O)=C2/C(=O)C(=O)N(CC3CCCO3)C2c2ccc(C)cc2)cc1. The van der Waals surface area contributed by atoms with E-state index >= 15 is 0 Å². The molecule has 0 saturated carbocycles. The number of rotatable bonds is 4. The minimum absolute atomic E-state index is 0.0828.